The highest BCUT2D eigenvalue weighted by molar-refractivity contribution is 5.99. The molecule has 6 nitrogen and oxygen atoms in total. The molecule has 4 N–H and O–H groups in total. The van der Waals surface area contributed by atoms with Crippen LogP contribution < -0.4 is 0 Å². The van der Waals surface area contributed by atoms with Crippen LogP contribution in [0.2, 0.25) is 0 Å². The molecular weight excluding hydrogens is 288 g/mol. The highest BCUT2D eigenvalue weighted by Gasteiger charge is 2.35. The summed E-state index contributed by atoms with van der Waals surface area (Å²) in [5, 5.41) is 38.3. The van der Waals surface area contributed by atoms with Crippen molar-refractivity contribution in [3.05, 3.63) is 11.1 Å². The minimum atomic E-state index is -1.16. The lowest BCUT2D eigenvalue weighted by Gasteiger charge is -2.31. The van der Waals surface area contributed by atoms with Gasteiger partial charge in [0.1, 0.15) is 0 Å². The first-order chi connectivity index (χ1) is 10.4. The highest BCUT2D eigenvalue weighted by atomic mass is 16.4. The van der Waals surface area contributed by atoms with E-state index in [4.69, 9.17) is 0 Å². The number of rotatable bonds is 4. The SMILES string of the molecule is O=C(O)C(=C(C(=O)O)C1CCC(O)CC1)C1CCC(O)CC1. The topological polar surface area (TPSA) is 115 Å². The maximum Gasteiger partial charge on any atom is 0.332 e. The lowest BCUT2D eigenvalue weighted by atomic mass is 9.75. The molecule has 0 amide bonds. The summed E-state index contributed by atoms with van der Waals surface area (Å²) in [6, 6.07) is 0. The Hall–Kier alpha value is -1.40. The van der Waals surface area contributed by atoms with E-state index in [0.717, 1.165) is 0 Å². The molecule has 0 heterocycles. The van der Waals surface area contributed by atoms with Gasteiger partial charge in [-0.25, -0.2) is 9.59 Å². The zero-order valence-electron chi connectivity index (χ0n) is 12.6. The normalized spacial score (nSPS) is 33.9. The second-order valence-electron chi connectivity index (χ2n) is 6.45. The quantitative estimate of drug-likeness (QED) is 0.586. The second-order valence-corrected chi connectivity index (χ2v) is 6.45. The van der Waals surface area contributed by atoms with E-state index >= 15 is 0 Å². The van der Waals surface area contributed by atoms with Gasteiger partial charge < -0.3 is 20.4 Å². The van der Waals surface area contributed by atoms with E-state index in [0.29, 0.717) is 51.4 Å². The van der Waals surface area contributed by atoms with Crippen LogP contribution in [-0.4, -0.2) is 44.6 Å². The summed E-state index contributed by atoms with van der Waals surface area (Å²) in [5.41, 5.74) is 0.0292. The van der Waals surface area contributed by atoms with Gasteiger partial charge in [0.2, 0.25) is 0 Å². The fourth-order valence-electron chi connectivity index (χ4n) is 3.75. The largest absolute Gasteiger partial charge is 0.478 e. The third kappa shape index (κ3) is 3.87. The molecule has 0 saturated heterocycles. The molecule has 0 aromatic carbocycles. The Morgan fingerprint density at radius 3 is 1.09 bits per heavy atom. The van der Waals surface area contributed by atoms with Crippen molar-refractivity contribution in [1.29, 1.82) is 0 Å². The Morgan fingerprint density at radius 2 is 0.864 bits per heavy atom. The molecule has 2 rings (SSSR count). The number of aliphatic hydroxyl groups is 2. The molecule has 0 aromatic heterocycles. The van der Waals surface area contributed by atoms with Gasteiger partial charge in [-0.15, -0.1) is 0 Å². The van der Waals surface area contributed by atoms with E-state index in [9.17, 15) is 30.0 Å². The summed E-state index contributed by atoms with van der Waals surface area (Å²) in [6.45, 7) is 0. The molecule has 0 bridgehead atoms. The van der Waals surface area contributed by atoms with Crippen LogP contribution in [0.3, 0.4) is 0 Å². The van der Waals surface area contributed by atoms with Gasteiger partial charge in [0.15, 0.2) is 0 Å². The van der Waals surface area contributed by atoms with Gasteiger partial charge in [0.05, 0.1) is 23.4 Å². The van der Waals surface area contributed by atoms with Crippen LogP contribution in [0.25, 0.3) is 0 Å². The maximum absolute atomic E-state index is 11.7. The Morgan fingerprint density at radius 1 is 0.591 bits per heavy atom. The number of carboxylic acid groups (broad SMARTS) is 2. The van der Waals surface area contributed by atoms with Gasteiger partial charge in [0.25, 0.3) is 0 Å². The van der Waals surface area contributed by atoms with Crippen molar-refractivity contribution in [2.45, 2.75) is 63.6 Å². The van der Waals surface area contributed by atoms with Gasteiger partial charge in [-0.2, -0.15) is 0 Å². The molecule has 2 aliphatic carbocycles. The molecule has 0 atom stereocenters. The van der Waals surface area contributed by atoms with E-state index < -0.39 is 24.1 Å². The van der Waals surface area contributed by atoms with Crippen LogP contribution >= 0.6 is 0 Å². The minimum absolute atomic E-state index is 0.0146. The first-order valence-corrected chi connectivity index (χ1v) is 7.97. The van der Waals surface area contributed by atoms with Crippen LogP contribution in [0.15, 0.2) is 11.1 Å². The van der Waals surface area contributed by atoms with Crippen molar-refractivity contribution in [1.82, 2.24) is 0 Å². The van der Waals surface area contributed by atoms with Crippen LogP contribution in [0.1, 0.15) is 51.4 Å². The number of carboxylic acids is 2. The standard InChI is InChI=1S/C16H24O6/c17-11-5-1-9(2-6-11)13(15(19)20)14(16(21)22)10-3-7-12(18)8-4-10/h9-12,17-18H,1-8H2,(H,19,20)(H,21,22). The molecule has 2 aliphatic rings. The van der Waals surface area contributed by atoms with E-state index in [1.165, 1.54) is 0 Å². The van der Waals surface area contributed by atoms with Crippen molar-refractivity contribution < 1.29 is 30.0 Å². The molecule has 0 radical (unpaired) electrons. The molecule has 0 unspecified atom stereocenters. The number of aliphatic carboxylic acids is 2. The monoisotopic (exact) mass is 312 g/mol. The third-order valence-corrected chi connectivity index (χ3v) is 4.96. The maximum atomic E-state index is 11.7. The molecule has 2 saturated carbocycles. The molecule has 124 valence electrons. The Balaban J connectivity index is 2.31. The number of hydrogen-bond donors (Lipinski definition) is 4. The first-order valence-electron chi connectivity index (χ1n) is 7.97. The number of hydrogen-bond acceptors (Lipinski definition) is 4. The average molecular weight is 312 g/mol. The molecule has 0 aliphatic heterocycles. The summed E-state index contributed by atoms with van der Waals surface area (Å²) in [6.07, 6.45) is 3.26. The summed E-state index contributed by atoms with van der Waals surface area (Å²) in [5.74, 6) is -2.94. The zero-order chi connectivity index (χ0) is 16.3. The predicted octanol–water partition coefficient (Wildman–Crippen LogP) is 1.55. The Kier molecular flexibility index (Phi) is 5.58. The van der Waals surface area contributed by atoms with Crippen LogP contribution in [0.5, 0.6) is 0 Å². The van der Waals surface area contributed by atoms with Gasteiger partial charge in [0, 0.05) is 0 Å². The molecule has 2 fully saturated rings. The number of aliphatic hydroxyl groups excluding tert-OH is 2. The van der Waals surface area contributed by atoms with Crippen molar-refractivity contribution in [3.8, 4) is 0 Å². The van der Waals surface area contributed by atoms with Crippen molar-refractivity contribution in [2.75, 3.05) is 0 Å². The lowest BCUT2D eigenvalue weighted by Crippen LogP contribution is -2.29. The molecule has 0 aromatic rings. The van der Waals surface area contributed by atoms with Crippen LogP contribution in [-0.2, 0) is 9.59 Å². The number of carbonyl (C=O) groups is 2. The van der Waals surface area contributed by atoms with Crippen molar-refractivity contribution in [3.63, 3.8) is 0 Å². The van der Waals surface area contributed by atoms with Gasteiger partial charge >= 0.3 is 11.9 Å². The smallest absolute Gasteiger partial charge is 0.332 e. The molecule has 6 heteroatoms. The Labute approximate surface area is 129 Å². The van der Waals surface area contributed by atoms with Crippen molar-refractivity contribution in [2.24, 2.45) is 11.8 Å². The minimum Gasteiger partial charge on any atom is -0.478 e. The summed E-state index contributed by atoms with van der Waals surface area (Å²) < 4.78 is 0. The fraction of sp³-hybridized carbons (Fsp3) is 0.750. The fourth-order valence-corrected chi connectivity index (χ4v) is 3.75. The molecule has 22 heavy (non-hydrogen) atoms. The van der Waals surface area contributed by atoms with Crippen LogP contribution in [0, 0.1) is 11.8 Å². The Bertz CT molecular complexity index is 411. The highest BCUT2D eigenvalue weighted by Crippen LogP contribution is 2.38. The zero-order valence-corrected chi connectivity index (χ0v) is 12.6. The molecular formula is C16H24O6. The molecule has 0 spiro atoms. The third-order valence-electron chi connectivity index (χ3n) is 4.96. The predicted molar refractivity (Wildman–Crippen MR) is 78.2 cm³/mol. The van der Waals surface area contributed by atoms with Gasteiger partial charge in [-0.1, -0.05) is 0 Å². The summed E-state index contributed by atoms with van der Waals surface area (Å²) in [7, 11) is 0. The van der Waals surface area contributed by atoms with E-state index in [1.807, 2.05) is 0 Å². The van der Waals surface area contributed by atoms with Crippen molar-refractivity contribution >= 4 is 11.9 Å². The van der Waals surface area contributed by atoms with E-state index in [2.05, 4.69) is 0 Å². The summed E-state index contributed by atoms with van der Waals surface area (Å²) in [4.78, 5) is 23.4. The second kappa shape index (κ2) is 7.24. The lowest BCUT2D eigenvalue weighted by molar-refractivity contribution is -0.137. The first kappa shape index (κ1) is 17.0. The van der Waals surface area contributed by atoms with E-state index in [1.54, 1.807) is 0 Å². The average Bonchev–Trinajstić information content (AvgIpc) is 2.46. The van der Waals surface area contributed by atoms with Crippen LogP contribution in [0.4, 0.5) is 0 Å². The van der Waals surface area contributed by atoms with Gasteiger partial charge in [-0.3, -0.25) is 0 Å². The van der Waals surface area contributed by atoms with Gasteiger partial charge in [-0.05, 0) is 63.2 Å². The summed E-state index contributed by atoms with van der Waals surface area (Å²) >= 11 is 0. The van der Waals surface area contributed by atoms with E-state index in [-0.39, 0.29) is 23.0 Å².